The maximum Gasteiger partial charge on any atom is 0.170 e. The average Bonchev–Trinajstić information content (AvgIpc) is 1.84. The minimum Gasteiger partial charge on any atom is -0.296 e. The Morgan fingerprint density at radius 3 is 1.70 bits per heavy atom. The maximum atomic E-state index is 10.9. The van der Waals surface area contributed by atoms with E-state index in [2.05, 4.69) is 0 Å². The van der Waals surface area contributed by atoms with E-state index >= 15 is 0 Å². The first-order valence-electron chi connectivity index (χ1n) is 2.57. The van der Waals surface area contributed by atoms with Crippen LogP contribution in [-0.4, -0.2) is 21.4 Å². The second kappa shape index (κ2) is 4.66. The lowest BCUT2D eigenvalue weighted by Crippen LogP contribution is -2.27. The number of carbonyl (C=O) groups excluding carboxylic acids is 1. The minimum atomic E-state index is -0.907. The van der Waals surface area contributed by atoms with Crippen LogP contribution in [-0.2, 0) is 4.79 Å². The Morgan fingerprint density at radius 2 is 1.60 bits per heavy atom. The molecule has 2 unspecified atom stereocenters. The Kier molecular flexibility index (Phi) is 5.04. The van der Waals surface area contributed by atoms with Crippen LogP contribution in [0.5, 0.6) is 0 Å². The van der Waals surface area contributed by atoms with Crippen molar-refractivity contribution in [1.82, 2.24) is 0 Å². The molecule has 60 valence electrons. The topological polar surface area (TPSA) is 17.1 Å². The van der Waals surface area contributed by atoms with Crippen molar-refractivity contribution < 1.29 is 4.79 Å². The summed E-state index contributed by atoms with van der Waals surface area (Å²) < 4.78 is 0. The molecule has 0 aliphatic heterocycles. The second-order valence-electron chi connectivity index (χ2n) is 1.75. The summed E-state index contributed by atoms with van der Waals surface area (Å²) in [6.07, 6.45) is 0. The number of Topliss-reactive ketones (excluding diaryl/α,β-unsaturated/α-hetero) is 1. The van der Waals surface area contributed by atoms with Crippen LogP contribution in [0.1, 0.15) is 6.92 Å². The van der Waals surface area contributed by atoms with E-state index in [1.807, 2.05) is 0 Å². The number of carbonyl (C=O) groups is 1. The third kappa shape index (κ3) is 3.29. The molecule has 10 heavy (non-hydrogen) atoms. The van der Waals surface area contributed by atoms with Crippen LogP contribution in [0.25, 0.3) is 0 Å². The Labute approximate surface area is 79.6 Å². The van der Waals surface area contributed by atoms with E-state index in [0.29, 0.717) is 0 Å². The molecular weight excluding hydrogens is 218 g/mol. The highest BCUT2D eigenvalue weighted by atomic mass is 35.5. The van der Waals surface area contributed by atoms with Gasteiger partial charge in [0, 0.05) is 0 Å². The average molecular weight is 224 g/mol. The highest BCUT2D eigenvalue weighted by molar-refractivity contribution is 6.53. The first-order valence-corrected chi connectivity index (χ1v) is 4.31. The molecule has 5 heteroatoms. The van der Waals surface area contributed by atoms with Crippen molar-refractivity contribution in [1.29, 1.82) is 0 Å². The van der Waals surface area contributed by atoms with Gasteiger partial charge in [0.15, 0.2) is 5.78 Å². The quantitative estimate of drug-likeness (QED) is 0.673. The first-order chi connectivity index (χ1) is 4.46. The smallest absolute Gasteiger partial charge is 0.170 e. The van der Waals surface area contributed by atoms with Gasteiger partial charge in [0.2, 0.25) is 0 Å². The van der Waals surface area contributed by atoms with Gasteiger partial charge in [-0.15, -0.1) is 46.4 Å². The summed E-state index contributed by atoms with van der Waals surface area (Å²) >= 11 is 21.5. The number of halogens is 4. The summed E-state index contributed by atoms with van der Waals surface area (Å²) in [4.78, 5) is 9.96. The molecule has 0 rings (SSSR count). The van der Waals surface area contributed by atoms with Crippen LogP contribution in [0.3, 0.4) is 0 Å². The Bertz CT molecular complexity index is 123. The zero-order chi connectivity index (χ0) is 8.31. The number of hydrogen-bond acceptors (Lipinski definition) is 1. The number of ketones is 1. The fourth-order valence-electron chi connectivity index (χ4n) is 0.344. The molecule has 0 aliphatic rings. The van der Waals surface area contributed by atoms with Gasteiger partial charge in [0.25, 0.3) is 0 Å². The van der Waals surface area contributed by atoms with Gasteiger partial charge in [-0.05, 0) is 6.92 Å². The van der Waals surface area contributed by atoms with Crippen molar-refractivity contribution in [3.05, 3.63) is 0 Å². The van der Waals surface area contributed by atoms with E-state index in [1.165, 1.54) is 6.92 Å². The summed E-state index contributed by atoms with van der Waals surface area (Å²) in [5.41, 5.74) is 0. The van der Waals surface area contributed by atoms with Crippen molar-refractivity contribution in [2.75, 3.05) is 0 Å². The van der Waals surface area contributed by atoms with Gasteiger partial charge >= 0.3 is 0 Å². The molecule has 0 spiro atoms. The Balaban J connectivity index is 3.95. The predicted octanol–water partition coefficient (Wildman–Crippen LogP) is 2.59. The van der Waals surface area contributed by atoms with Gasteiger partial charge in [0.05, 0.1) is 5.38 Å². The van der Waals surface area contributed by atoms with Crippen LogP contribution < -0.4 is 0 Å². The summed E-state index contributed by atoms with van der Waals surface area (Å²) in [6, 6.07) is 0. The van der Waals surface area contributed by atoms with E-state index < -0.39 is 15.6 Å². The number of alkyl halides is 4. The van der Waals surface area contributed by atoms with Gasteiger partial charge in [-0.25, -0.2) is 0 Å². The molecular formula is C5H6Cl4O. The molecule has 0 saturated carbocycles. The molecule has 0 amide bonds. The summed E-state index contributed by atoms with van der Waals surface area (Å²) in [6.45, 7) is 1.52. The molecule has 0 radical (unpaired) electrons. The largest absolute Gasteiger partial charge is 0.296 e. The zero-order valence-corrected chi connectivity index (χ0v) is 8.18. The number of rotatable bonds is 3. The van der Waals surface area contributed by atoms with Crippen LogP contribution >= 0.6 is 46.4 Å². The third-order valence-corrected chi connectivity index (χ3v) is 2.33. The van der Waals surface area contributed by atoms with Gasteiger partial charge in [0.1, 0.15) is 10.2 Å². The molecule has 0 N–H and O–H groups in total. The third-order valence-electron chi connectivity index (χ3n) is 0.885. The SMILES string of the molecule is CC(Cl)C(=O)C(Cl)C(Cl)Cl. The molecule has 0 fully saturated rings. The molecule has 1 nitrogen and oxygen atoms in total. The summed E-state index contributed by atoms with van der Waals surface area (Å²) in [5.74, 6) is -0.349. The van der Waals surface area contributed by atoms with Crippen molar-refractivity contribution in [2.24, 2.45) is 0 Å². The molecule has 0 bridgehead atoms. The molecule has 0 aromatic rings. The monoisotopic (exact) mass is 222 g/mol. The van der Waals surface area contributed by atoms with E-state index in [-0.39, 0.29) is 5.78 Å². The lowest BCUT2D eigenvalue weighted by Gasteiger charge is -2.09. The first kappa shape index (κ1) is 10.8. The van der Waals surface area contributed by atoms with Crippen LogP contribution in [0.4, 0.5) is 0 Å². The standard InChI is InChI=1S/C5H6Cl4O/c1-2(6)4(10)3(7)5(8)9/h2-3,5H,1H3. The molecule has 0 aliphatic carbocycles. The van der Waals surface area contributed by atoms with Crippen molar-refractivity contribution in [3.63, 3.8) is 0 Å². The second-order valence-corrected chi connectivity index (χ2v) is 4.04. The normalized spacial score (nSPS) is 17.0. The molecule has 0 aromatic carbocycles. The fourth-order valence-corrected chi connectivity index (χ4v) is 0.981. The van der Waals surface area contributed by atoms with Gasteiger partial charge < -0.3 is 0 Å². The van der Waals surface area contributed by atoms with Gasteiger partial charge in [-0.3, -0.25) is 4.79 Å². The van der Waals surface area contributed by atoms with Crippen molar-refractivity contribution >= 4 is 52.2 Å². The highest BCUT2D eigenvalue weighted by Crippen LogP contribution is 2.17. The fraction of sp³-hybridized carbons (Fsp3) is 0.800. The predicted molar refractivity (Wildman–Crippen MR) is 45.5 cm³/mol. The summed E-state index contributed by atoms with van der Waals surface area (Å²) in [5, 5.41) is -1.54. The van der Waals surface area contributed by atoms with Crippen molar-refractivity contribution in [2.45, 2.75) is 22.5 Å². The molecule has 0 aromatic heterocycles. The van der Waals surface area contributed by atoms with Gasteiger partial charge in [-0.1, -0.05) is 0 Å². The van der Waals surface area contributed by atoms with Crippen LogP contribution in [0.15, 0.2) is 0 Å². The molecule has 0 heterocycles. The molecule has 0 saturated heterocycles. The lowest BCUT2D eigenvalue weighted by molar-refractivity contribution is -0.117. The summed E-state index contributed by atoms with van der Waals surface area (Å²) in [7, 11) is 0. The Hall–Kier alpha value is 0.830. The maximum absolute atomic E-state index is 10.9. The van der Waals surface area contributed by atoms with E-state index in [0.717, 1.165) is 0 Å². The van der Waals surface area contributed by atoms with E-state index in [9.17, 15) is 4.79 Å². The molecule has 2 atom stereocenters. The lowest BCUT2D eigenvalue weighted by atomic mass is 10.2. The highest BCUT2D eigenvalue weighted by Gasteiger charge is 2.25. The number of hydrogen-bond donors (Lipinski definition) is 0. The van der Waals surface area contributed by atoms with Crippen LogP contribution in [0, 0.1) is 0 Å². The Morgan fingerprint density at radius 1 is 1.20 bits per heavy atom. The minimum absolute atomic E-state index is 0.349. The van der Waals surface area contributed by atoms with Gasteiger partial charge in [-0.2, -0.15) is 0 Å². The zero-order valence-electron chi connectivity index (χ0n) is 5.15. The van der Waals surface area contributed by atoms with E-state index in [1.54, 1.807) is 0 Å². The van der Waals surface area contributed by atoms with Crippen molar-refractivity contribution in [3.8, 4) is 0 Å². The van der Waals surface area contributed by atoms with Crippen LogP contribution in [0.2, 0.25) is 0 Å². The van der Waals surface area contributed by atoms with E-state index in [4.69, 9.17) is 46.4 Å².